The summed E-state index contributed by atoms with van der Waals surface area (Å²) in [4.78, 5) is 0. The summed E-state index contributed by atoms with van der Waals surface area (Å²) in [6.07, 6.45) is -7.12. The Balaban J connectivity index is 2.73. The predicted octanol–water partition coefficient (Wildman–Crippen LogP) is 3.23. The Bertz CT molecular complexity index is 408. The molecule has 1 rings (SSSR count). The highest BCUT2D eigenvalue weighted by molar-refractivity contribution is 9.10. The van der Waals surface area contributed by atoms with E-state index in [1.165, 1.54) is 12.1 Å². The summed E-state index contributed by atoms with van der Waals surface area (Å²) in [5.41, 5.74) is 0.793. The highest BCUT2D eigenvalue weighted by atomic mass is 79.9. The zero-order valence-corrected chi connectivity index (χ0v) is 10.4. The first kappa shape index (κ1) is 14.2. The Hall–Kier alpha value is -0.820. The Kier molecular flexibility index (Phi) is 4.37. The van der Waals surface area contributed by atoms with Crippen LogP contribution in [0.15, 0.2) is 16.6 Å². The minimum atomic E-state index is -4.67. The lowest BCUT2D eigenvalue weighted by molar-refractivity contribution is -0.198. The summed E-state index contributed by atoms with van der Waals surface area (Å²) in [6, 6.07) is 2.51. The summed E-state index contributed by atoms with van der Waals surface area (Å²) in [7, 11) is 0. The van der Waals surface area contributed by atoms with Crippen molar-refractivity contribution in [2.75, 3.05) is 11.9 Å². The van der Waals surface area contributed by atoms with Crippen LogP contribution in [-0.2, 0) is 0 Å². The van der Waals surface area contributed by atoms with Crippen LogP contribution in [0.25, 0.3) is 0 Å². The van der Waals surface area contributed by atoms with Gasteiger partial charge in [0.2, 0.25) is 0 Å². The van der Waals surface area contributed by atoms with Gasteiger partial charge in [0.15, 0.2) is 6.10 Å². The number of hydrogen-bond donors (Lipinski definition) is 2. The zero-order chi connectivity index (χ0) is 13.2. The van der Waals surface area contributed by atoms with Crippen molar-refractivity contribution in [3.63, 3.8) is 0 Å². The van der Waals surface area contributed by atoms with Crippen molar-refractivity contribution in [2.24, 2.45) is 0 Å². The first-order chi connectivity index (χ1) is 7.71. The summed E-state index contributed by atoms with van der Waals surface area (Å²) < 4.78 is 49.3. The molecule has 0 heterocycles. The van der Waals surface area contributed by atoms with Crippen molar-refractivity contribution in [3.05, 3.63) is 28.0 Å². The third kappa shape index (κ3) is 3.85. The molecule has 1 atom stereocenters. The molecule has 7 heteroatoms. The van der Waals surface area contributed by atoms with Gasteiger partial charge in [-0.05, 0) is 40.5 Å². The molecular formula is C10H10BrF4NO. The Labute approximate surface area is 104 Å². The van der Waals surface area contributed by atoms with Crippen LogP contribution in [0.4, 0.5) is 23.2 Å². The number of aliphatic hydroxyl groups is 1. The molecule has 0 bridgehead atoms. The van der Waals surface area contributed by atoms with E-state index in [9.17, 15) is 17.6 Å². The molecule has 0 spiro atoms. The largest absolute Gasteiger partial charge is 0.416 e. The first-order valence-corrected chi connectivity index (χ1v) is 5.45. The van der Waals surface area contributed by atoms with Crippen LogP contribution >= 0.6 is 15.9 Å². The lowest BCUT2D eigenvalue weighted by Gasteiger charge is -2.17. The lowest BCUT2D eigenvalue weighted by atomic mass is 10.2. The molecule has 0 saturated heterocycles. The second kappa shape index (κ2) is 5.22. The van der Waals surface area contributed by atoms with Crippen molar-refractivity contribution in [1.82, 2.24) is 0 Å². The maximum atomic E-state index is 13.0. The van der Waals surface area contributed by atoms with E-state index in [1.807, 2.05) is 0 Å². The topological polar surface area (TPSA) is 32.3 Å². The van der Waals surface area contributed by atoms with Crippen LogP contribution in [0.2, 0.25) is 0 Å². The second-order valence-electron chi connectivity index (χ2n) is 3.52. The summed E-state index contributed by atoms with van der Waals surface area (Å²) in [6.45, 7) is 0.875. The molecule has 1 unspecified atom stereocenters. The number of rotatable bonds is 3. The molecule has 0 radical (unpaired) electrons. The number of aliphatic hydroxyl groups excluding tert-OH is 1. The van der Waals surface area contributed by atoms with Gasteiger partial charge < -0.3 is 10.4 Å². The fraction of sp³-hybridized carbons (Fsp3) is 0.400. The van der Waals surface area contributed by atoms with Gasteiger partial charge in [0.05, 0.1) is 4.47 Å². The Morgan fingerprint density at radius 3 is 2.53 bits per heavy atom. The second-order valence-corrected chi connectivity index (χ2v) is 4.37. The maximum Gasteiger partial charge on any atom is 0.416 e. The van der Waals surface area contributed by atoms with E-state index in [-0.39, 0.29) is 4.47 Å². The number of nitrogens with one attached hydrogen (secondary N) is 1. The molecule has 0 amide bonds. The fourth-order valence-electron chi connectivity index (χ4n) is 1.16. The predicted molar refractivity (Wildman–Crippen MR) is 59.4 cm³/mol. The highest BCUT2D eigenvalue weighted by Crippen LogP contribution is 2.25. The van der Waals surface area contributed by atoms with Gasteiger partial charge in [-0.15, -0.1) is 0 Å². The summed E-state index contributed by atoms with van der Waals surface area (Å²) >= 11 is 2.93. The fourth-order valence-corrected chi connectivity index (χ4v) is 1.50. The molecule has 2 N–H and O–H groups in total. The minimum absolute atomic E-state index is 0.145. The average Bonchev–Trinajstić information content (AvgIpc) is 2.19. The molecule has 1 aromatic carbocycles. The maximum absolute atomic E-state index is 13.0. The number of alkyl halides is 3. The van der Waals surface area contributed by atoms with E-state index in [2.05, 4.69) is 21.2 Å². The van der Waals surface area contributed by atoms with Crippen LogP contribution in [0, 0.1) is 12.7 Å². The van der Waals surface area contributed by atoms with E-state index >= 15 is 0 Å². The number of anilines is 1. The first-order valence-electron chi connectivity index (χ1n) is 4.66. The van der Waals surface area contributed by atoms with E-state index in [4.69, 9.17) is 5.11 Å². The van der Waals surface area contributed by atoms with Gasteiger partial charge in [-0.1, -0.05) is 0 Å². The smallest absolute Gasteiger partial charge is 0.382 e. The molecule has 0 saturated carbocycles. The zero-order valence-electron chi connectivity index (χ0n) is 8.78. The molecule has 17 heavy (non-hydrogen) atoms. The van der Waals surface area contributed by atoms with Crippen LogP contribution in [0.3, 0.4) is 0 Å². The van der Waals surface area contributed by atoms with E-state index < -0.39 is 24.6 Å². The standard InChI is InChI=1S/C10H10BrF4NO/c1-5-2-7(12)6(11)3-8(5)16-4-9(17)10(13,14)15/h2-3,9,16-17H,4H2,1H3. The minimum Gasteiger partial charge on any atom is -0.382 e. The summed E-state index contributed by atoms with van der Waals surface area (Å²) in [5.74, 6) is -0.496. The monoisotopic (exact) mass is 315 g/mol. The number of aryl methyl sites for hydroxylation is 1. The van der Waals surface area contributed by atoms with Crippen molar-refractivity contribution in [3.8, 4) is 0 Å². The molecule has 1 aromatic rings. The van der Waals surface area contributed by atoms with Gasteiger partial charge in [-0.3, -0.25) is 0 Å². The Morgan fingerprint density at radius 2 is 2.00 bits per heavy atom. The molecular weight excluding hydrogens is 306 g/mol. The summed E-state index contributed by atoms with van der Waals surface area (Å²) in [5, 5.41) is 11.2. The van der Waals surface area contributed by atoms with Gasteiger partial charge in [-0.2, -0.15) is 13.2 Å². The van der Waals surface area contributed by atoms with Crippen molar-refractivity contribution in [2.45, 2.75) is 19.2 Å². The van der Waals surface area contributed by atoms with Gasteiger partial charge >= 0.3 is 6.18 Å². The van der Waals surface area contributed by atoms with Crippen LogP contribution in [0.1, 0.15) is 5.56 Å². The van der Waals surface area contributed by atoms with Crippen LogP contribution in [-0.4, -0.2) is 23.9 Å². The quantitative estimate of drug-likeness (QED) is 0.839. The van der Waals surface area contributed by atoms with Gasteiger partial charge in [-0.25, -0.2) is 4.39 Å². The number of benzene rings is 1. The molecule has 0 fully saturated rings. The van der Waals surface area contributed by atoms with Gasteiger partial charge in [0.1, 0.15) is 5.82 Å². The van der Waals surface area contributed by atoms with E-state index in [1.54, 1.807) is 6.92 Å². The molecule has 96 valence electrons. The normalized spacial score (nSPS) is 13.6. The third-order valence-corrected chi connectivity index (χ3v) is 2.74. The average molecular weight is 316 g/mol. The molecule has 0 aromatic heterocycles. The third-order valence-electron chi connectivity index (χ3n) is 2.13. The van der Waals surface area contributed by atoms with E-state index in [0.717, 1.165) is 0 Å². The van der Waals surface area contributed by atoms with Gasteiger partial charge in [0.25, 0.3) is 0 Å². The van der Waals surface area contributed by atoms with Crippen molar-refractivity contribution in [1.29, 1.82) is 0 Å². The van der Waals surface area contributed by atoms with Crippen LogP contribution in [0.5, 0.6) is 0 Å². The Morgan fingerprint density at radius 1 is 1.41 bits per heavy atom. The number of halogens is 5. The molecule has 2 nitrogen and oxygen atoms in total. The molecule has 0 aliphatic carbocycles. The highest BCUT2D eigenvalue weighted by Gasteiger charge is 2.37. The lowest BCUT2D eigenvalue weighted by Crippen LogP contribution is -2.35. The van der Waals surface area contributed by atoms with Crippen molar-refractivity contribution < 1.29 is 22.7 Å². The SMILES string of the molecule is Cc1cc(F)c(Br)cc1NCC(O)C(F)(F)F. The van der Waals surface area contributed by atoms with Crippen molar-refractivity contribution >= 4 is 21.6 Å². The molecule has 0 aliphatic rings. The molecule has 0 aliphatic heterocycles. The van der Waals surface area contributed by atoms with Gasteiger partial charge in [0, 0.05) is 12.2 Å². The number of hydrogen-bond acceptors (Lipinski definition) is 2. The van der Waals surface area contributed by atoms with E-state index in [0.29, 0.717) is 11.3 Å². The van der Waals surface area contributed by atoms with Crippen LogP contribution < -0.4 is 5.32 Å².